The summed E-state index contributed by atoms with van der Waals surface area (Å²) in [5.41, 5.74) is 4.20. The Morgan fingerprint density at radius 2 is 1.70 bits per heavy atom. The number of para-hydroxylation sites is 1. The minimum absolute atomic E-state index is 0.373. The van der Waals surface area contributed by atoms with E-state index >= 15 is 0 Å². The average molecular weight is 531 g/mol. The van der Waals surface area contributed by atoms with Crippen LogP contribution in [0.2, 0.25) is 0 Å². The Bertz CT molecular complexity index is 1950. The minimum atomic E-state index is -0.546. The molecule has 1 fully saturated rings. The lowest BCUT2D eigenvalue weighted by atomic mass is 9.84. The standard InChI is InChI=1S/C30H22N6O4/c37-30-24-23(18-8-10-19(11-9-18)35-13-15-38-16-14-35)25-28-33-27(21-6-3-4-12-31-21)34-36(28)17-32-29(25)40-26(24)20-5-1-2-7-22(20)39-30/h1-12,17,23H,13-16H2. The molecule has 4 aromatic heterocycles. The van der Waals surface area contributed by atoms with Gasteiger partial charge in [-0.3, -0.25) is 4.98 Å². The molecule has 0 amide bonds. The van der Waals surface area contributed by atoms with Gasteiger partial charge in [0.25, 0.3) is 0 Å². The van der Waals surface area contributed by atoms with E-state index in [4.69, 9.17) is 18.9 Å². The van der Waals surface area contributed by atoms with Gasteiger partial charge >= 0.3 is 5.63 Å². The van der Waals surface area contributed by atoms with Crippen LogP contribution in [0.5, 0.6) is 11.6 Å². The largest absolute Gasteiger partial charge is 0.437 e. The Balaban J connectivity index is 1.36. The zero-order valence-corrected chi connectivity index (χ0v) is 21.2. The summed E-state index contributed by atoms with van der Waals surface area (Å²) < 4.78 is 19.3. The summed E-state index contributed by atoms with van der Waals surface area (Å²) in [5.74, 6) is 0.727. The highest BCUT2D eigenvalue weighted by Gasteiger charge is 2.37. The second-order valence-corrected chi connectivity index (χ2v) is 9.74. The third-order valence-electron chi connectivity index (χ3n) is 7.46. The van der Waals surface area contributed by atoms with Crippen molar-refractivity contribution in [3.05, 3.63) is 106 Å². The van der Waals surface area contributed by atoms with Crippen LogP contribution in [0.3, 0.4) is 0 Å². The Labute approximate surface area is 227 Å². The summed E-state index contributed by atoms with van der Waals surface area (Å²) in [5, 5.41) is 5.33. The average Bonchev–Trinajstić information content (AvgIpc) is 3.46. The molecule has 196 valence electrons. The van der Waals surface area contributed by atoms with E-state index < -0.39 is 11.5 Å². The third kappa shape index (κ3) is 3.57. The predicted octanol–water partition coefficient (Wildman–Crippen LogP) is 4.42. The lowest BCUT2D eigenvalue weighted by molar-refractivity contribution is 0.122. The number of fused-ring (bicyclic) bond motifs is 6. The normalized spacial score (nSPS) is 16.5. The number of pyridine rings is 1. The van der Waals surface area contributed by atoms with Crippen LogP contribution in [0.15, 0.2) is 88.5 Å². The van der Waals surface area contributed by atoms with Gasteiger partial charge in [0, 0.05) is 25.0 Å². The van der Waals surface area contributed by atoms with Crippen molar-refractivity contribution in [2.75, 3.05) is 31.2 Å². The molecule has 2 aromatic carbocycles. The van der Waals surface area contributed by atoms with E-state index in [0.717, 1.165) is 24.3 Å². The molecule has 10 nitrogen and oxygen atoms in total. The molecule has 6 heterocycles. The minimum Gasteiger partial charge on any atom is -0.437 e. The number of rotatable bonds is 3. The van der Waals surface area contributed by atoms with E-state index in [1.165, 1.54) is 0 Å². The first-order valence-electron chi connectivity index (χ1n) is 13.1. The van der Waals surface area contributed by atoms with Gasteiger partial charge in [-0.15, -0.1) is 5.10 Å². The van der Waals surface area contributed by atoms with Crippen LogP contribution in [-0.2, 0) is 4.74 Å². The molecule has 10 heteroatoms. The quantitative estimate of drug-likeness (QED) is 0.307. The van der Waals surface area contributed by atoms with Gasteiger partial charge < -0.3 is 18.8 Å². The van der Waals surface area contributed by atoms with Crippen molar-refractivity contribution in [1.29, 1.82) is 0 Å². The predicted molar refractivity (Wildman–Crippen MR) is 147 cm³/mol. The highest BCUT2D eigenvalue weighted by atomic mass is 16.5. The molecule has 1 unspecified atom stereocenters. The molecule has 8 rings (SSSR count). The van der Waals surface area contributed by atoms with Crippen molar-refractivity contribution >= 4 is 22.3 Å². The summed E-state index contributed by atoms with van der Waals surface area (Å²) in [6.07, 6.45) is 3.27. The number of benzene rings is 2. The molecule has 2 aliphatic heterocycles. The topological polar surface area (TPSA) is 108 Å². The monoisotopic (exact) mass is 530 g/mol. The lowest BCUT2D eigenvalue weighted by Gasteiger charge is -2.30. The van der Waals surface area contributed by atoms with Gasteiger partial charge in [0.1, 0.15) is 17.6 Å². The van der Waals surface area contributed by atoms with Gasteiger partial charge in [-0.1, -0.05) is 30.3 Å². The second-order valence-electron chi connectivity index (χ2n) is 9.74. The molecule has 40 heavy (non-hydrogen) atoms. The van der Waals surface area contributed by atoms with Gasteiger partial charge in [0.05, 0.1) is 35.6 Å². The number of nitrogens with zero attached hydrogens (tertiary/aromatic N) is 6. The number of anilines is 1. The smallest absolute Gasteiger partial charge is 0.344 e. The van der Waals surface area contributed by atoms with E-state index in [-0.39, 0.29) is 0 Å². The van der Waals surface area contributed by atoms with Crippen molar-refractivity contribution < 1.29 is 13.9 Å². The molecule has 2 aliphatic rings. The zero-order valence-electron chi connectivity index (χ0n) is 21.2. The van der Waals surface area contributed by atoms with Gasteiger partial charge in [0.15, 0.2) is 11.4 Å². The summed E-state index contributed by atoms with van der Waals surface area (Å²) in [6.45, 7) is 3.06. The summed E-state index contributed by atoms with van der Waals surface area (Å²) >= 11 is 0. The van der Waals surface area contributed by atoms with Crippen LogP contribution in [0.4, 0.5) is 5.69 Å². The molecule has 1 atom stereocenters. The maximum atomic E-state index is 13.6. The molecule has 6 aromatic rings. The van der Waals surface area contributed by atoms with Crippen molar-refractivity contribution in [2.45, 2.75) is 5.92 Å². The van der Waals surface area contributed by atoms with Gasteiger partial charge in [0.2, 0.25) is 11.7 Å². The first-order chi connectivity index (χ1) is 19.7. The van der Waals surface area contributed by atoms with Crippen molar-refractivity contribution in [1.82, 2.24) is 24.6 Å². The zero-order chi connectivity index (χ0) is 26.6. The van der Waals surface area contributed by atoms with Crippen LogP contribution in [-0.4, -0.2) is 50.9 Å². The first-order valence-corrected chi connectivity index (χ1v) is 13.1. The summed E-state index contributed by atoms with van der Waals surface area (Å²) in [7, 11) is 0. The summed E-state index contributed by atoms with van der Waals surface area (Å²) in [4.78, 5) is 29.8. The van der Waals surface area contributed by atoms with E-state index in [1.807, 2.05) is 48.5 Å². The van der Waals surface area contributed by atoms with Crippen LogP contribution in [0.25, 0.3) is 28.1 Å². The molecule has 0 radical (unpaired) electrons. The van der Waals surface area contributed by atoms with Gasteiger partial charge in [-0.25, -0.2) is 19.3 Å². The fourth-order valence-electron chi connectivity index (χ4n) is 5.57. The number of hydrogen-bond acceptors (Lipinski definition) is 9. The Morgan fingerprint density at radius 3 is 2.52 bits per heavy atom. The Kier molecular flexibility index (Phi) is 5.14. The molecule has 0 N–H and O–H groups in total. The Morgan fingerprint density at radius 1 is 0.875 bits per heavy atom. The number of morpholine rings is 1. The fourth-order valence-corrected chi connectivity index (χ4v) is 5.57. The van der Waals surface area contributed by atoms with Crippen molar-refractivity contribution in [3.8, 4) is 23.1 Å². The third-order valence-corrected chi connectivity index (χ3v) is 7.46. The van der Waals surface area contributed by atoms with Crippen molar-refractivity contribution in [3.63, 3.8) is 0 Å². The SMILES string of the molecule is O=c1oc2ccccc2c2c1C(c1ccc(N3CCOCC3)cc1)c1c(ncn3nc(-c4ccccn4)nc13)O2. The molecule has 0 spiro atoms. The Hall–Kier alpha value is -5.09. The first kappa shape index (κ1) is 22.9. The maximum Gasteiger partial charge on any atom is 0.344 e. The van der Waals surface area contributed by atoms with Gasteiger partial charge in [-0.05, 0) is 42.0 Å². The van der Waals surface area contributed by atoms with Crippen LogP contribution in [0, 0.1) is 0 Å². The molecular formula is C30H22N6O4. The molecule has 0 aliphatic carbocycles. The number of hydrogen-bond donors (Lipinski definition) is 0. The maximum absolute atomic E-state index is 13.6. The molecule has 0 saturated carbocycles. The molecule has 1 saturated heterocycles. The number of ether oxygens (including phenoxy) is 2. The van der Waals surface area contributed by atoms with Crippen LogP contribution < -0.4 is 15.3 Å². The fraction of sp³-hybridized carbons (Fsp3) is 0.167. The number of aromatic nitrogens is 5. The van der Waals surface area contributed by atoms with E-state index in [0.29, 0.717) is 64.1 Å². The van der Waals surface area contributed by atoms with E-state index in [9.17, 15) is 4.79 Å². The molecular weight excluding hydrogens is 508 g/mol. The second kappa shape index (κ2) is 8.99. The van der Waals surface area contributed by atoms with Gasteiger partial charge in [-0.2, -0.15) is 0 Å². The summed E-state index contributed by atoms with van der Waals surface area (Å²) in [6, 6.07) is 21.2. The van der Waals surface area contributed by atoms with E-state index in [1.54, 1.807) is 23.1 Å². The molecule has 0 bridgehead atoms. The van der Waals surface area contributed by atoms with E-state index in [2.05, 4.69) is 32.1 Å². The lowest BCUT2D eigenvalue weighted by Crippen LogP contribution is -2.36. The van der Waals surface area contributed by atoms with Crippen LogP contribution >= 0.6 is 0 Å². The highest BCUT2D eigenvalue weighted by Crippen LogP contribution is 2.49. The highest BCUT2D eigenvalue weighted by molar-refractivity contribution is 5.87. The van der Waals surface area contributed by atoms with Crippen LogP contribution in [0.1, 0.15) is 22.6 Å². The van der Waals surface area contributed by atoms with Crippen molar-refractivity contribution in [2.24, 2.45) is 0 Å².